The van der Waals surface area contributed by atoms with Crippen LogP contribution in [0.4, 0.5) is 15.9 Å². The van der Waals surface area contributed by atoms with Gasteiger partial charge in [0.1, 0.15) is 11.5 Å². The number of halogens is 1. The van der Waals surface area contributed by atoms with E-state index in [0.717, 1.165) is 12.1 Å². The number of rotatable bonds is 4. The molecular weight excluding hydrogens is 267 g/mol. The first kappa shape index (κ1) is 13.7. The van der Waals surface area contributed by atoms with E-state index in [9.17, 15) is 19.3 Å². The molecule has 0 fully saturated rings. The number of pyridine rings is 1. The molecule has 0 atom stereocenters. The van der Waals surface area contributed by atoms with Crippen molar-refractivity contribution in [3.8, 4) is 0 Å². The minimum atomic E-state index is -0.723. The summed E-state index contributed by atoms with van der Waals surface area (Å²) in [5.74, 6) is -1.26. The number of amides is 1. The predicted molar refractivity (Wildman–Crippen MR) is 68.9 cm³/mol. The van der Waals surface area contributed by atoms with Crippen LogP contribution >= 0.6 is 0 Å². The lowest BCUT2D eigenvalue weighted by atomic mass is 10.3. The highest BCUT2D eigenvalue weighted by atomic mass is 19.1. The molecular formula is C12H11FN4O3. The van der Waals surface area contributed by atoms with E-state index in [0.29, 0.717) is 6.54 Å². The van der Waals surface area contributed by atoms with Crippen molar-refractivity contribution in [3.05, 3.63) is 52.2 Å². The fraction of sp³-hybridized carbons (Fsp3) is 0.167. The molecule has 0 saturated heterocycles. The maximum atomic E-state index is 12.9. The smallest absolute Gasteiger partial charge is 0.287 e. The first-order chi connectivity index (χ1) is 9.51. The quantitative estimate of drug-likeness (QED) is 0.527. The van der Waals surface area contributed by atoms with Crippen LogP contribution in [0.1, 0.15) is 17.4 Å². The second-order valence-electron chi connectivity index (χ2n) is 3.93. The molecule has 0 bridgehead atoms. The summed E-state index contributed by atoms with van der Waals surface area (Å²) in [5, 5.41) is 13.1. The molecule has 2 heterocycles. The molecule has 1 N–H and O–H groups in total. The average molecular weight is 278 g/mol. The molecule has 0 radical (unpaired) electrons. The van der Waals surface area contributed by atoms with Crippen LogP contribution in [0.3, 0.4) is 0 Å². The molecule has 1 amide bonds. The monoisotopic (exact) mass is 278 g/mol. The lowest BCUT2D eigenvalue weighted by molar-refractivity contribution is -0.384. The molecule has 0 aromatic carbocycles. The van der Waals surface area contributed by atoms with Gasteiger partial charge in [-0.25, -0.2) is 4.98 Å². The van der Waals surface area contributed by atoms with Gasteiger partial charge in [0, 0.05) is 12.6 Å². The summed E-state index contributed by atoms with van der Waals surface area (Å²) in [6, 6.07) is 5.14. The van der Waals surface area contributed by atoms with Gasteiger partial charge in [-0.2, -0.15) is 4.39 Å². The zero-order valence-corrected chi connectivity index (χ0v) is 10.5. The van der Waals surface area contributed by atoms with Crippen LogP contribution in [0.5, 0.6) is 0 Å². The van der Waals surface area contributed by atoms with Crippen molar-refractivity contribution in [3.63, 3.8) is 0 Å². The van der Waals surface area contributed by atoms with E-state index in [1.807, 2.05) is 0 Å². The number of aromatic nitrogens is 2. The van der Waals surface area contributed by atoms with Gasteiger partial charge >= 0.3 is 0 Å². The molecule has 104 valence electrons. The minimum absolute atomic E-state index is 0.0431. The van der Waals surface area contributed by atoms with Crippen LogP contribution in [0.2, 0.25) is 0 Å². The van der Waals surface area contributed by atoms with Crippen LogP contribution < -0.4 is 5.32 Å². The summed E-state index contributed by atoms with van der Waals surface area (Å²) in [4.78, 5) is 25.6. The molecule has 2 rings (SSSR count). The summed E-state index contributed by atoms with van der Waals surface area (Å²) in [5.41, 5.74) is -0.0607. The Hall–Kier alpha value is -2.77. The Morgan fingerprint density at radius 3 is 2.90 bits per heavy atom. The molecule has 0 aliphatic heterocycles. The number of hydrogen-bond acceptors (Lipinski definition) is 4. The summed E-state index contributed by atoms with van der Waals surface area (Å²) < 4.78 is 14.4. The highest BCUT2D eigenvalue weighted by Crippen LogP contribution is 2.17. The zero-order chi connectivity index (χ0) is 14.7. The summed E-state index contributed by atoms with van der Waals surface area (Å²) in [7, 11) is 0. The van der Waals surface area contributed by atoms with Crippen molar-refractivity contribution in [1.82, 2.24) is 9.55 Å². The van der Waals surface area contributed by atoms with E-state index in [4.69, 9.17) is 0 Å². The number of nitrogens with zero attached hydrogens (tertiary/aromatic N) is 3. The summed E-state index contributed by atoms with van der Waals surface area (Å²) >= 11 is 0. The van der Waals surface area contributed by atoms with Crippen molar-refractivity contribution in [1.29, 1.82) is 0 Å². The second kappa shape index (κ2) is 5.47. The van der Waals surface area contributed by atoms with Crippen molar-refractivity contribution >= 4 is 17.4 Å². The third-order valence-corrected chi connectivity index (χ3v) is 2.62. The number of nitro groups is 1. The van der Waals surface area contributed by atoms with E-state index in [1.165, 1.54) is 22.9 Å². The van der Waals surface area contributed by atoms with Gasteiger partial charge in [-0.3, -0.25) is 14.9 Å². The van der Waals surface area contributed by atoms with Gasteiger partial charge in [0.05, 0.1) is 11.1 Å². The lowest BCUT2D eigenvalue weighted by Crippen LogP contribution is -2.17. The van der Waals surface area contributed by atoms with Gasteiger partial charge in [-0.1, -0.05) is 6.07 Å². The predicted octanol–water partition coefficient (Wildman–Crippen LogP) is 2.20. The molecule has 20 heavy (non-hydrogen) atoms. The summed E-state index contributed by atoms with van der Waals surface area (Å²) in [6.07, 6.45) is 1.27. The highest BCUT2D eigenvalue weighted by Gasteiger charge is 2.19. The molecule has 0 aliphatic carbocycles. The molecule has 0 unspecified atom stereocenters. The van der Waals surface area contributed by atoms with Gasteiger partial charge in [0.15, 0.2) is 0 Å². The van der Waals surface area contributed by atoms with Crippen molar-refractivity contribution in [2.24, 2.45) is 0 Å². The van der Waals surface area contributed by atoms with Crippen LogP contribution in [-0.2, 0) is 6.54 Å². The maximum absolute atomic E-state index is 12.9. The largest absolute Gasteiger partial charge is 0.337 e. The SMILES string of the molecule is CCn1cc([N+](=O)[O-])cc1C(=O)Nc1cccc(F)n1. The van der Waals surface area contributed by atoms with Crippen LogP contribution in [-0.4, -0.2) is 20.4 Å². The van der Waals surface area contributed by atoms with E-state index in [2.05, 4.69) is 10.3 Å². The Morgan fingerprint density at radius 1 is 1.55 bits per heavy atom. The second-order valence-corrected chi connectivity index (χ2v) is 3.93. The van der Waals surface area contributed by atoms with Gasteiger partial charge < -0.3 is 9.88 Å². The molecule has 2 aromatic heterocycles. The standard InChI is InChI=1S/C12H11FN4O3/c1-2-16-7-8(17(19)20)6-9(16)12(18)15-11-5-3-4-10(13)14-11/h3-7H,2H2,1H3,(H,14,15,18). The third kappa shape index (κ3) is 2.79. The Labute approximate surface area is 113 Å². The fourth-order valence-corrected chi connectivity index (χ4v) is 1.71. The first-order valence-electron chi connectivity index (χ1n) is 5.79. The molecule has 0 spiro atoms. The van der Waals surface area contributed by atoms with E-state index >= 15 is 0 Å². The topological polar surface area (TPSA) is 90.1 Å². The molecule has 2 aromatic rings. The Balaban J connectivity index is 2.27. The van der Waals surface area contributed by atoms with E-state index in [-0.39, 0.29) is 17.2 Å². The fourth-order valence-electron chi connectivity index (χ4n) is 1.71. The lowest BCUT2D eigenvalue weighted by Gasteiger charge is -2.06. The normalized spacial score (nSPS) is 10.3. The van der Waals surface area contributed by atoms with E-state index < -0.39 is 16.8 Å². The first-order valence-corrected chi connectivity index (χ1v) is 5.79. The van der Waals surface area contributed by atoms with Crippen LogP contribution in [0, 0.1) is 16.1 Å². The Morgan fingerprint density at radius 2 is 2.30 bits per heavy atom. The highest BCUT2D eigenvalue weighted by molar-refractivity contribution is 6.03. The maximum Gasteiger partial charge on any atom is 0.287 e. The van der Waals surface area contributed by atoms with Crippen molar-refractivity contribution < 1.29 is 14.1 Å². The van der Waals surface area contributed by atoms with Crippen molar-refractivity contribution in [2.45, 2.75) is 13.5 Å². The Kier molecular flexibility index (Phi) is 3.74. The number of anilines is 1. The summed E-state index contributed by atoms with van der Waals surface area (Å²) in [6.45, 7) is 2.15. The minimum Gasteiger partial charge on any atom is -0.337 e. The van der Waals surface area contributed by atoms with Gasteiger partial charge in [0.2, 0.25) is 5.95 Å². The number of nitrogens with one attached hydrogen (secondary N) is 1. The van der Waals surface area contributed by atoms with E-state index in [1.54, 1.807) is 6.92 Å². The third-order valence-electron chi connectivity index (χ3n) is 2.62. The Bertz CT molecular complexity index is 668. The van der Waals surface area contributed by atoms with Crippen molar-refractivity contribution in [2.75, 3.05) is 5.32 Å². The number of carbonyl (C=O) groups excluding carboxylic acids is 1. The molecule has 8 heteroatoms. The van der Waals surface area contributed by atoms with Gasteiger partial charge in [0.25, 0.3) is 11.6 Å². The number of hydrogen-bond donors (Lipinski definition) is 1. The van der Waals surface area contributed by atoms with Crippen LogP contribution in [0.25, 0.3) is 0 Å². The zero-order valence-electron chi connectivity index (χ0n) is 10.5. The average Bonchev–Trinajstić information content (AvgIpc) is 2.83. The number of carbonyl (C=O) groups is 1. The van der Waals surface area contributed by atoms with Gasteiger partial charge in [-0.15, -0.1) is 0 Å². The number of aryl methyl sites for hydroxylation is 1. The molecule has 7 nitrogen and oxygen atoms in total. The van der Waals surface area contributed by atoms with Crippen LogP contribution in [0.15, 0.2) is 30.5 Å². The molecule has 0 aliphatic rings. The van der Waals surface area contributed by atoms with Gasteiger partial charge in [-0.05, 0) is 19.1 Å². The molecule has 0 saturated carbocycles.